The van der Waals surface area contributed by atoms with E-state index in [1.165, 1.54) is 13.0 Å². The first-order valence-electron chi connectivity index (χ1n) is 7.86. The van der Waals surface area contributed by atoms with Crippen LogP contribution in [-0.4, -0.2) is 30.1 Å². The zero-order chi connectivity index (χ0) is 18.4. The van der Waals surface area contributed by atoms with E-state index in [4.69, 9.17) is 9.15 Å². The van der Waals surface area contributed by atoms with Gasteiger partial charge in [-0.05, 0) is 36.8 Å². The minimum atomic E-state index is -0.872. The summed E-state index contributed by atoms with van der Waals surface area (Å²) in [5.41, 5.74) is 0.666. The molecule has 7 heteroatoms. The molecule has 134 valence electrons. The predicted octanol–water partition coefficient (Wildman–Crippen LogP) is 1.78. The molecule has 3 N–H and O–H groups in total. The van der Waals surface area contributed by atoms with E-state index in [0.717, 1.165) is 0 Å². The zero-order valence-electron chi connectivity index (χ0n) is 14.4. The van der Waals surface area contributed by atoms with E-state index in [1.54, 1.807) is 44.4 Å². The Labute approximate surface area is 146 Å². The van der Waals surface area contributed by atoms with Gasteiger partial charge < -0.3 is 24.9 Å². The molecule has 0 bridgehead atoms. The molecule has 0 aliphatic heterocycles. The van der Waals surface area contributed by atoms with Gasteiger partial charge in [-0.2, -0.15) is 0 Å². The second kappa shape index (κ2) is 8.34. The van der Waals surface area contributed by atoms with E-state index in [1.807, 2.05) is 0 Å². The van der Waals surface area contributed by atoms with Gasteiger partial charge in [-0.15, -0.1) is 0 Å². The lowest BCUT2D eigenvalue weighted by atomic mass is 10.0. The fourth-order valence-corrected chi connectivity index (χ4v) is 2.25. The second-order valence-electron chi connectivity index (χ2n) is 5.66. The van der Waals surface area contributed by atoms with Crippen molar-refractivity contribution in [1.82, 2.24) is 10.6 Å². The number of hydrogen-bond donors (Lipinski definition) is 3. The lowest BCUT2D eigenvalue weighted by molar-refractivity contribution is -0.119. The van der Waals surface area contributed by atoms with Crippen LogP contribution in [0.15, 0.2) is 40.8 Å². The molecule has 2 rings (SSSR count). The van der Waals surface area contributed by atoms with Gasteiger partial charge in [0.25, 0.3) is 5.91 Å². The van der Waals surface area contributed by atoms with E-state index in [2.05, 4.69) is 10.6 Å². The number of hydrogen-bond acceptors (Lipinski definition) is 5. The number of carbonyl (C=O) groups is 2. The minimum absolute atomic E-state index is 0.120. The molecular formula is C18H22N2O5. The largest absolute Gasteiger partial charge is 0.497 e. The highest BCUT2D eigenvalue weighted by Gasteiger charge is 2.21. The number of rotatable bonds is 7. The number of amides is 2. The van der Waals surface area contributed by atoms with Crippen LogP contribution in [0.2, 0.25) is 0 Å². The summed E-state index contributed by atoms with van der Waals surface area (Å²) in [6, 6.07) is 9.59. The van der Waals surface area contributed by atoms with Gasteiger partial charge in [0.1, 0.15) is 11.5 Å². The molecule has 0 fully saturated rings. The molecule has 0 radical (unpaired) electrons. The van der Waals surface area contributed by atoms with E-state index >= 15 is 0 Å². The van der Waals surface area contributed by atoms with E-state index in [-0.39, 0.29) is 18.2 Å². The van der Waals surface area contributed by atoms with Crippen molar-refractivity contribution in [2.24, 2.45) is 0 Å². The predicted molar refractivity (Wildman–Crippen MR) is 91.1 cm³/mol. The van der Waals surface area contributed by atoms with Crippen molar-refractivity contribution in [3.8, 4) is 5.75 Å². The maximum atomic E-state index is 12.2. The molecule has 1 aromatic carbocycles. The SMILES string of the molecule is COc1ccc([C@@H](O)[C@H](C)NC(=O)c2ccc(CNC(C)=O)o2)cc1. The van der Waals surface area contributed by atoms with Gasteiger partial charge in [0.05, 0.1) is 25.8 Å². The number of furan rings is 1. The average molecular weight is 346 g/mol. The lowest BCUT2D eigenvalue weighted by Crippen LogP contribution is -2.36. The lowest BCUT2D eigenvalue weighted by Gasteiger charge is -2.20. The molecule has 0 spiro atoms. The Morgan fingerprint density at radius 2 is 1.88 bits per heavy atom. The maximum Gasteiger partial charge on any atom is 0.287 e. The molecule has 25 heavy (non-hydrogen) atoms. The van der Waals surface area contributed by atoms with E-state index in [0.29, 0.717) is 17.1 Å². The highest BCUT2D eigenvalue weighted by Crippen LogP contribution is 2.20. The van der Waals surface area contributed by atoms with Crippen molar-refractivity contribution in [3.05, 3.63) is 53.5 Å². The first-order valence-corrected chi connectivity index (χ1v) is 7.86. The Morgan fingerprint density at radius 3 is 2.48 bits per heavy atom. The van der Waals surface area contributed by atoms with Crippen molar-refractivity contribution in [2.45, 2.75) is 32.5 Å². The minimum Gasteiger partial charge on any atom is -0.497 e. The van der Waals surface area contributed by atoms with Crippen LogP contribution in [-0.2, 0) is 11.3 Å². The van der Waals surface area contributed by atoms with Crippen molar-refractivity contribution in [3.63, 3.8) is 0 Å². The Balaban J connectivity index is 1.95. The summed E-state index contributed by atoms with van der Waals surface area (Å²) in [6.07, 6.45) is -0.872. The Hall–Kier alpha value is -2.80. The zero-order valence-corrected chi connectivity index (χ0v) is 14.4. The second-order valence-corrected chi connectivity index (χ2v) is 5.66. The summed E-state index contributed by atoms with van der Waals surface area (Å²) in [7, 11) is 1.57. The number of methoxy groups -OCH3 is 1. The molecule has 1 aromatic heterocycles. The third-order valence-corrected chi connectivity index (χ3v) is 3.69. The van der Waals surface area contributed by atoms with E-state index < -0.39 is 18.1 Å². The molecule has 2 atom stereocenters. The normalized spacial score (nSPS) is 13.0. The van der Waals surface area contributed by atoms with Crippen LogP contribution in [0.4, 0.5) is 0 Å². The van der Waals surface area contributed by atoms with Gasteiger partial charge in [-0.1, -0.05) is 12.1 Å². The summed E-state index contributed by atoms with van der Waals surface area (Å²) >= 11 is 0. The van der Waals surface area contributed by atoms with Gasteiger partial charge in [0.15, 0.2) is 5.76 Å². The van der Waals surface area contributed by atoms with Gasteiger partial charge in [0.2, 0.25) is 5.91 Å². The fourth-order valence-electron chi connectivity index (χ4n) is 2.25. The highest BCUT2D eigenvalue weighted by molar-refractivity contribution is 5.91. The smallest absolute Gasteiger partial charge is 0.287 e. The molecule has 2 amide bonds. The Bertz CT molecular complexity index is 723. The number of aliphatic hydroxyl groups excluding tert-OH is 1. The topological polar surface area (TPSA) is 101 Å². The molecule has 0 aliphatic carbocycles. The van der Waals surface area contributed by atoms with Gasteiger partial charge in [-0.3, -0.25) is 9.59 Å². The van der Waals surface area contributed by atoms with Crippen LogP contribution in [0.1, 0.15) is 41.8 Å². The van der Waals surface area contributed by atoms with Crippen LogP contribution in [0.5, 0.6) is 5.75 Å². The van der Waals surface area contributed by atoms with Crippen molar-refractivity contribution in [1.29, 1.82) is 0 Å². The quantitative estimate of drug-likeness (QED) is 0.709. The third-order valence-electron chi connectivity index (χ3n) is 3.69. The van der Waals surface area contributed by atoms with Crippen LogP contribution in [0, 0.1) is 0 Å². The fraction of sp³-hybridized carbons (Fsp3) is 0.333. The van der Waals surface area contributed by atoms with Gasteiger partial charge in [0, 0.05) is 6.92 Å². The summed E-state index contributed by atoms with van der Waals surface area (Å²) in [4.78, 5) is 23.1. The first-order chi connectivity index (χ1) is 11.9. The third kappa shape index (κ3) is 5.09. The molecule has 2 aromatic rings. The average Bonchev–Trinajstić information content (AvgIpc) is 3.08. The van der Waals surface area contributed by atoms with Crippen molar-refractivity contribution in [2.75, 3.05) is 7.11 Å². The monoisotopic (exact) mass is 346 g/mol. The number of aliphatic hydroxyl groups is 1. The number of ether oxygens (including phenoxy) is 1. The van der Waals surface area contributed by atoms with Crippen molar-refractivity contribution < 1.29 is 23.8 Å². The summed E-state index contributed by atoms with van der Waals surface area (Å²) < 4.78 is 10.5. The summed E-state index contributed by atoms with van der Waals surface area (Å²) in [5.74, 6) is 0.667. The van der Waals surface area contributed by atoms with Crippen molar-refractivity contribution >= 4 is 11.8 Å². The molecule has 0 unspecified atom stereocenters. The van der Waals surface area contributed by atoms with E-state index in [9.17, 15) is 14.7 Å². The van der Waals surface area contributed by atoms with Crippen LogP contribution >= 0.6 is 0 Å². The molecule has 7 nitrogen and oxygen atoms in total. The molecular weight excluding hydrogens is 324 g/mol. The molecule has 0 saturated heterocycles. The summed E-state index contributed by atoms with van der Waals surface area (Å²) in [6.45, 7) is 3.32. The number of benzene rings is 1. The van der Waals surface area contributed by atoms with Gasteiger partial charge >= 0.3 is 0 Å². The Kier molecular flexibility index (Phi) is 6.19. The number of carbonyl (C=O) groups excluding carboxylic acids is 2. The standard InChI is InChI=1S/C18H22N2O5/c1-11(17(22)13-4-6-14(24-3)7-5-13)20-18(23)16-9-8-15(25-16)10-19-12(2)21/h4-9,11,17,22H,10H2,1-3H3,(H,19,21)(H,20,23)/t11-,17-/m0/s1. The first kappa shape index (κ1) is 18.5. The van der Waals surface area contributed by atoms with Crippen LogP contribution in [0.3, 0.4) is 0 Å². The molecule has 1 heterocycles. The van der Waals surface area contributed by atoms with Crippen LogP contribution in [0.25, 0.3) is 0 Å². The Morgan fingerprint density at radius 1 is 1.20 bits per heavy atom. The maximum absolute atomic E-state index is 12.2. The molecule has 0 saturated carbocycles. The van der Waals surface area contributed by atoms with Crippen LogP contribution < -0.4 is 15.4 Å². The molecule has 0 aliphatic rings. The number of nitrogens with one attached hydrogen (secondary N) is 2. The summed E-state index contributed by atoms with van der Waals surface area (Å²) in [5, 5.41) is 15.7. The van der Waals surface area contributed by atoms with Gasteiger partial charge in [-0.25, -0.2) is 0 Å². The highest BCUT2D eigenvalue weighted by atomic mass is 16.5.